The monoisotopic (exact) mass is 519 g/mol. The van der Waals surface area contributed by atoms with E-state index in [9.17, 15) is 10.1 Å². The number of rotatable bonds is 3. The lowest BCUT2D eigenvalue weighted by molar-refractivity contribution is 0.0930. The van der Waals surface area contributed by atoms with Crippen molar-refractivity contribution in [2.45, 2.75) is 19.8 Å². The molecule has 1 aliphatic rings. The second-order valence-electron chi connectivity index (χ2n) is 9.29. The van der Waals surface area contributed by atoms with Gasteiger partial charge < -0.3 is 15.5 Å². The van der Waals surface area contributed by atoms with Crippen LogP contribution < -0.4 is 10.5 Å². The summed E-state index contributed by atoms with van der Waals surface area (Å²) in [6.45, 7) is 3.81. The number of fused-ring (bicyclic) bond motifs is 2. The quantitative estimate of drug-likeness (QED) is 0.294. The first-order chi connectivity index (χ1) is 18.4. The summed E-state index contributed by atoms with van der Waals surface area (Å²) >= 11 is 6.11. The van der Waals surface area contributed by atoms with E-state index in [1.54, 1.807) is 19.1 Å². The fourth-order valence-electron chi connectivity index (χ4n) is 5.12. The molecule has 3 heterocycles. The van der Waals surface area contributed by atoms with Crippen LogP contribution in [-0.2, 0) is 0 Å². The van der Waals surface area contributed by atoms with Crippen LogP contribution >= 0.6 is 11.6 Å². The topological polar surface area (TPSA) is 110 Å². The number of nitrogens with two attached hydrogens (primary N) is 1. The third kappa shape index (κ3) is 3.66. The van der Waals surface area contributed by atoms with Crippen LogP contribution in [0.1, 0.15) is 38.8 Å². The fourth-order valence-corrected chi connectivity index (χ4v) is 5.24. The van der Waals surface area contributed by atoms with Crippen molar-refractivity contribution in [3.63, 3.8) is 0 Å². The van der Waals surface area contributed by atoms with E-state index in [4.69, 9.17) is 22.1 Å². The Morgan fingerprint density at radius 3 is 2.55 bits per heavy atom. The Balaban J connectivity index is 1.56. The number of H-pyrrole nitrogens is 1. The Kier molecular flexibility index (Phi) is 5.55. The van der Waals surface area contributed by atoms with Crippen LogP contribution in [0.3, 0.4) is 0 Å². The van der Waals surface area contributed by atoms with Gasteiger partial charge in [-0.1, -0.05) is 65.7 Å². The van der Waals surface area contributed by atoms with Gasteiger partial charge in [-0.2, -0.15) is 15.0 Å². The van der Waals surface area contributed by atoms with Gasteiger partial charge >= 0.3 is 0 Å². The zero-order chi connectivity index (χ0) is 26.6. The molecule has 6 rings (SSSR count). The van der Waals surface area contributed by atoms with Crippen molar-refractivity contribution in [2.75, 3.05) is 0 Å². The lowest BCUT2D eigenvalue weighted by atomic mass is 9.84. The first-order valence-electron chi connectivity index (χ1n) is 12.0. The summed E-state index contributed by atoms with van der Waals surface area (Å²) in [5, 5.41) is 16.0. The van der Waals surface area contributed by atoms with Gasteiger partial charge in [-0.25, -0.2) is 0 Å². The molecule has 5 aromatic rings. The minimum absolute atomic E-state index is 0.0653. The van der Waals surface area contributed by atoms with Crippen molar-refractivity contribution >= 4 is 28.4 Å². The average Bonchev–Trinajstić information content (AvgIpc) is 3.45. The standard InChI is InChI=1S/C30H22ClN5O2/c1-16-8-13-23-21(14-16)26(18-6-4-3-5-7-18)27(34-23)29(37)36-30-24(17(2)35-36)25(22(15-32)28(33)38-30)19-9-11-20(31)12-10-19/h3-14,25,34H,33H2,1-2H3. The average molecular weight is 520 g/mol. The van der Waals surface area contributed by atoms with Crippen LogP contribution in [-0.4, -0.2) is 20.7 Å². The molecule has 38 heavy (non-hydrogen) atoms. The van der Waals surface area contributed by atoms with E-state index < -0.39 is 11.8 Å². The predicted octanol–water partition coefficient (Wildman–Crippen LogP) is 6.21. The highest BCUT2D eigenvalue weighted by molar-refractivity contribution is 6.30. The molecule has 0 radical (unpaired) electrons. The van der Waals surface area contributed by atoms with Crippen molar-refractivity contribution in [1.82, 2.24) is 14.8 Å². The number of benzene rings is 3. The Morgan fingerprint density at radius 2 is 1.84 bits per heavy atom. The number of ether oxygens (including phenoxy) is 1. The molecule has 3 N–H and O–H groups in total. The number of hydrogen-bond donors (Lipinski definition) is 2. The van der Waals surface area contributed by atoms with E-state index in [0.29, 0.717) is 22.0 Å². The number of aromatic nitrogens is 3. The van der Waals surface area contributed by atoms with E-state index in [-0.39, 0.29) is 17.3 Å². The largest absolute Gasteiger partial charge is 0.422 e. The second kappa shape index (κ2) is 8.94. The molecular formula is C30H22ClN5O2. The molecule has 7 nitrogen and oxygen atoms in total. The minimum Gasteiger partial charge on any atom is -0.422 e. The molecular weight excluding hydrogens is 498 g/mol. The summed E-state index contributed by atoms with van der Waals surface area (Å²) in [7, 11) is 0. The number of nitrogens with one attached hydrogen (secondary N) is 1. The van der Waals surface area contributed by atoms with Gasteiger partial charge in [0.15, 0.2) is 0 Å². The van der Waals surface area contributed by atoms with Crippen molar-refractivity contribution in [3.05, 3.63) is 117 Å². The number of carbonyl (C=O) groups excluding carboxylic acids is 1. The highest BCUT2D eigenvalue weighted by Crippen LogP contribution is 2.44. The molecule has 2 aromatic heterocycles. The van der Waals surface area contributed by atoms with Gasteiger partial charge in [0.1, 0.15) is 17.3 Å². The first kappa shape index (κ1) is 23.6. The highest BCUT2D eigenvalue weighted by Gasteiger charge is 2.38. The van der Waals surface area contributed by atoms with Crippen LogP contribution in [0.4, 0.5) is 0 Å². The van der Waals surface area contributed by atoms with Gasteiger partial charge in [0.25, 0.3) is 5.91 Å². The molecule has 0 amide bonds. The molecule has 0 bridgehead atoms. The maximum absolute atomic E-state index is 14.2. The number of aromatic amines is 1. The summed E-state index contributed by atoms with van der Waals surface area (Å²) in [4.78, 5) is 17.5. The number of carbonyl (C=O) groups is 1. The van der Waals surface area contributed by atoms with E-state index in [1.165, 1.54) is 4.68 Å². The lowest BCUT2D eigenvalue weighted by Crippen LogP contribution is -2.24. The Morgan fingerprint density at radius 1 is 1.11 bits per heavy atom. The smallest absolute Gasteiger partial charge is 0.298 e. The SMILES string of the molecule is Cc1ccc2[nH]c(C(=O)n3nc(C)c4c3OC(N)=C(C#N)C4c3ccc(Cl)cc3)c(-c3ccccc3)c2c1. The van der Waals surface area contributed by atoms with Gasteiger partial charge in [-0.15, -0.1) is 0 Å². The molecule has 8 heteroatoms. The van der Waals surface area contributed by atoms with E-state index in [1.807, 2.05) is 61.5 Å². The van der Waals surface area contributed by atoms with Gasteiger partial charge in [-0.3, -0.25) is 4.79 Å². The Bertz CT molecular complexity index is 1810. The van der Waals surface area contributed by atoms with Crippen LogP contribution in [0, 0.1) is 25.2 Å². The molecule has 1 aliphatic heterocycles. The predicted molar refractivity (Wildman–Crippen MR) is 146 cm³/mol. The molecule has 0 aliphatic carbocycles. The van der Waals surface area contributed by atoms with Gasteiger partial charge in [0, 0.05) is 21.5 Å². The Labute approximate surface area is 223 Å². The molecule has 186 valence electrons. The third-order valence-electron chi connectivity index (χ3n) is 6.86. The number of halogens is 1. The minimum atomic E-state index is -0.554. The van der Waals surface area contributed by atoms with Gasteiger partial charge in [0.2, 0.25) is 11.8 Å². The normalized spacial score (nSPS) is 14.7. The number of allylic oxidation sites excluding steroid dienone is 1. The number of nitrogens with zero attached hydrogens (tertiary/aromatic N) is 3. The van der Waals surface area contributed by atoms with E-state index >= 15 is 0 Å². The molecule has 3 aromatic carbocycles. The van der Waals surface area contributed by atoms with E-state index in [2.05, 4.69) is 22.2 Å². The summed E-state index contributed by atoms with van der Waals surface area (Å²) in [6.07, 6.45) is 0. The molecule has 0 saturated heterocycles. The van der Waals surface area contributed by atoms with Crippen molar-refractivity contribution in [2.24, 2.45) is 5.73 Å². The number of hydrogen-bond acceptors (Lipinski definition) is 5. The molecule has 0 spiro atoms. The maximum Gasteiger partial charge on any atom is 0.298 e. The first-order valence-corrected chi connectivity index (χ1v) is 12.4. The summed E-state index contributed by atoms with van der Waals surface area (Å²) in [5.74, 6) is -0.825. The second-order valence-corrected chi connectivity index (χ2v) is 9.72. The van der Waals surface area contributed by atoms with E-state index in [0.717, 1.165) is 33.2 Å². The highest BCUT2D eigenvalue weighted by atomic mass is 35.5. The number of nitriles is 1. The summed E-state index contributed by atoms with van der Waals surface area (Å²) in [6, 6.07) is 25.1. The molecule has 0 fully saturated rings. The molecule has 1 atom stereocenters. The fraction of sp³-hybridized carbons (Fsp3) is 0.100. The molecule has 1 unspecified atom stereocenters. The van der Waals surface area contributed by atoms with Gasteiger partial charge in [-0.05, 0) is 49.2 Å². The number of aryl methyl sites for hydroxylation is 2. The van der Waals surface area contributed by atoms with Crippen LogP contribution in [0.5, 0.6) is 5.88 Å². The van der Waals surface area contributed by atoms with Crippen molar-refractivity contribution < 1.29 is 9.53 Å². The lowest BCUT2D eigenvalue weighted by Gasteiger charge is -2.24. The van der Waals surface area contributed by atoms with Crippen LogP contribution in [0.2, 0.25) is 5.02 Å². The zero-order valence-corrected chi connectivity index (χ0v) is 21.4. The zero-order valence-electron chi connectivity index (χ0n) is 20.6. The Hall–Kier alpha value is -4.80. The van der Waals surface area contributed by atoms with Crippen LogP contribution in [0.15, 0.2) is 84.3 Å². The van der Waals surface area contributed by atoms with Crippen molar-refractivity contribution in [1.29, 1.82) is 5.26 Å². The maximum atomic E-state index is 14.2. The summed E-state index contributed by atoms with van der Waals surface area (Å²) < 4.78 is 7.15. The van der Waals surface area contributed by atoms with Crippen molar-refractivity contribution in [3.8, 4) is 23.1 Å². The van der Waals surface area contributed by atoms with Crippen LogP contribution in [0.25, 0.3) is 22.0 Å². The van der Waals surface area contributed by atoms with Gasteiger partial charge in [0.05, 0.1) is 17.2 Å². The molecule has 0 saturated carbocycles. The summed E-state index contributed by atoms with van der Waals surface area (Å²) in [5.41, 5.74) is 12.4. The third-order valence-corrected chi connectivity index (χ3v) is 7.11.